The van der Waals surface area contributed by atoms with E-state index in [1.165, 1.54) is 0 Å². The van der Waals surface area contributed by atoms with Crippen LogP contribution < -0.4 is 11.1 Å². The van der Waals surface area contributed by atoms with Gasteiger partial charge in [0, 0.05) is 17.8 Å². The first-order valence-corrected chi connectivity index (χ1v) is 7.72. The van der Waals surface area contributed by atoms with E-state index in [9.17, 15) is 4.79 Å². The molecule has 116 valence electrons. The maximum atomic E-state index is 11.7. The molecule has 0 aromatic heterocycles. The number of nitrogens with two attached hydrogens (primary N) is 1. The van der Waals surface area contributed by atoms with E-state index in [1.807, 2.05) is 24.3 Å². The van der Waals surface area contributed by atoms with Gasteiger partial charge >= 0.3 is 0 Å². The van der Waals surface area contributed by atoms with Gasteiger partial charge in [-0.15, -0.1) is 0 Å². The molecule has 0 fully saturated rings. The van der Waals surface area contributed by atoms with Gasteiger partial charge in [0.15, 0.2) is 0 Å². The lowest BCUT2D eigenvalue weighted by molar-refractivity contribution is -0.111. The molecule has 5 heteroatoms. The summed E-state index contributed by atoms with van der Waals surface area (Å²) in [6.45, 7) is 4.82. The van der Waals surface area contributed by atoms with Gasteiger partial charge in [-0.2, -0.15) is 0 Å². The maximum Gasteiger partial charge on any atom is 0.202 e. The highest BCUT2D eigenvalue weighted by atomic mass is 35.5. The van der Waals surface area contributed by atoms with Crippen molar-refractivity contribution < 1.29 is 4.79 Å². The van der Waals surface area contributed by atoms with Gasteiger partial charge in [-0.3, -0.25) is 4.79 Å². The summed E-state index contributed by atoms with van der Waals surface area (Å²) < 4.78 is 0. The zero-order chi connectivity index (χ0) is 16.1. The molecule has 0 unspecified atom stereocenters. The molecular formula is C17H20ClN3O. The van der Waals surface area contributed by atoms with E-state index in [0.717, 1.165) is 30.8 Å². The molecule has 0 heterocycles. The second kappa shape index (κ2) is 7.27. The number of allylic oxidation sites excluding steroid dienone is 3. The molecule has 0 aliphatic heterocycles. The molecule has 1 aliphatic rings. The van der Waals surface area contributed by atoms with Crippen molar-refractivity contribution in [1.82, 2.24) is 0 Å². The average Bonchev–Trinajstić information content (AvgIpc) is 2.52. The zero-order valence-electron chi connectivity index (χ0n) is 12.8. The Morgan fingerprint density at radius 2 is 1.95 bits per heavy atom. The summed E-state index contributed by atoms with van der Waals surface area (Å²) in [6.07, 6.45) is 3.97. The van der Waals surface area contributed by atoms with Gasteiger partial charge in [-0.1, -0.05) is 24.9 Å². The van der Waals surface area contributed by atoms with Gasteiger partial charge in [0.1, 0.15) is 5.03 Å². The molecule has 0 radical (unpaired) electrons. The topological polar surface area (TPSA) is 67.5 Å². The monoisotopic (exact) mass is 317 g/mol. The molecule has 0 spiro atoms. The molecule has 1 aromatic carbocycles. The van der Waals surface area contributed by atoms with Crippen LogP contribution in [0.2, 0.25) is 0 Å². The molecule has 1 aromatic rings. The van der Waals surface area contributed by atoms with E-state index in [2.05, 4.69) is 17.2 Å². The molecule has 0 atom stereocenters. The fourth-order valence-corrected chi connectivity index (χ4v) is 2.30. The van der Waals surface area contributed by atoms with Crippen LogP contribution in [-0.2, 0) is 4.79 Å². The largest absolute Gasteiger partial charge is 0.396 e. The van der Waals surface area contributed by atoms with E-state index in [0.29, 0.717) is 11.3 Å². The number of unbranched alkanes of at least 4 members (excludes halogenated alkanes) is 1. The molecular weight excluding hydrogens is 298 g/mol. The summed E-state index contributed by atoms with van der Waals surface area (Å²) in [6, 6.07) is 7.76. The first-order chi connectivity index (χ1) is 10.5. The first kappa shape index (κ1) is 16.3. The van der Waals surface area contributed by atoms with Gasteiger partial charge < -0.3 is 11.1 Å². The number of nitrogens with zero attached hydrogens (tertiary/aromatic N) is 1. The molecule has 0 amide bonds. The second-order valence-electron chi connectivity index (χ2n) is 5.21. The molecule has 0 bridgehead atoms. The Bertz CT molecular complexity index is 657. The predicted octanol–water partition coefficient (Wildman–Crippen LogP) is 3.91. The number of nitrogens with one attached hydrogen (secondary N) is 1. The third-order valence-electron chi connectivity index (χ3n) is 3.40. The van der Waals surface area contributed by atoms with Crippen molar-refractivity contribution in [2.24, 2.45) is 10.7 Å². The smallest absolute Gasteiger partial charge is 0.202 e. The number of Topliss-reactive ketones (excluding diaryl/α,β-unsaturated/α-hetero) is 1. The number of anilines is 1. The molecule has 0 saturated heterocycles. The Morgan fingerprint density at radius 1 is 1.27 bits per heavy atom. The van der Waals surface area contributed by atoms with Gasteiger partial charge in [0.25, 0.3) is 0 Å². The average molecular weight is 318 g/mol. The van der Waals surface area contributed by atoms with Crippen molar-refractivity contribution in [1.29, 1.82) is 0 Å². The summed E-state index contributed by atoms with van der Waals surface area (Å²) in [7, 11) is 0. The number of halogens is 1. The lowest BCUT2D eigenvalue weighted by atomic mass is 10.0. The Labute approximate surface area is 135 Å². The summed E-state index contributed by atoms with van der Waals surface area (Å²) in [5, 5.41) is 3.38. The molecule has 3 N–H and O–H groups in total. The van der Waals surface area contributed by atoms with Crippen molar-refractivity contribution in [3.63, 3.8) is 0 Å². The number of hydrogen-bond acceptors (Lipinski definition) is 4. The summed E-state index contributed by atoms with van der Waals surface area (Å²) in [4.78, 5) is 16.2. The van der Waals surface area contributed by atoms with Crippen LogP contribution in [0.1, 0.15) is 26.7 Å². The Morgan fingerprint density at radius 3 is 2.59 bits per heavy atom. The van der Waals surface area contributed by atoms with Crippen molar-refractivity contribution in [2.75, 3.05) is 11.9 Å². The summed E-state index contributed by atoms with van der Waals surface area (Å²) in [5.41, 5.74) is 8.98. The molecule has 22 heavy (non-hydrogen) atoms. The van der Waals surface area contributed by atoms with Crippen LogP contribution in [-0.4, -0.2) is 18.0 Å². The minimum absolute atomic E-state index is 0.0385. The fraction of sp³-hybridized carbons (Fsp3) is 0.294. The summed E-state index contributed by atoms with van der Waals surface area (Å²) >= 11 is 5.94. The number of aliphatic imine (C=N–C) groups is 1. The molecule has 4 nitrogen and oxygen atoms in total. The molecule has 2 rings (SSSR count). The maximum absolute atomic E-state index is 11.7. The lowest BCUT2D eigenvalue weighted by Crippen LogP contribution is -2.20. The zero-order valence-corrected chi connectivity index (χ0v) is 13.6. The number of benzene rings is 1. The van der Waals surface area contributed by atoms with Gasteiger partial charge in [0.2, 0.25) is 5.78 Å². The minimum Gasteiger partial charge on any atom is -0.396 e. The van der Waals surface area contributed by atoms with E-state index in [-0.39, 0.29) is 16.5 Å². The Balaban J connectivity index is 2.17. The molecule has 0 saturated carbocycles. The van der Waals surface area contributed by atoms with Gasteiger partial charge in [-0.25, -0.2) is 4.99 Å². The van der Waals surface area contributed by atoms with E-state index < -0.39 is 0 Å². The van der Waals surface area contributed by atoms with Crippen LogP contribution in [0.4, 0.5) is 11.4 Å². The predicted molar refractivity (Wildman–Crippen MR) is 92.8 cm³/mol. The van der Waals surface area contributed by atoms with Gasteiger partial charge in [0.05, 0.1) is 17.1 Å². The third-order valence-corrected chi connectivity index (χ3v) is 3.77. The van der Waals surface area contributed by atoms with Crippen LogP contribution in [0.25, 0.3) is 0 Å². The lowest BCUT2D eigenvalue weighted by Gasteiger charge is -2.12. The quantitative estimate of drug-likeness (QED) is 0.639. The van der Waals surface area contributed by atoms with Crippen molar-refractivity contribution >= 4 is 34.5 Å². The van der Waals surface area contributed by atoms with E-state index in [1.54, 1.807) is 13.0 Å². The normalized spacial score (nSPS) is 17.0. The first-order valence-electron chi connectivity index (χ1n) is 7.34. The van der Waals surface area contributed by atoms with Crippen LogP contribution in [0.3, 0.4) is 0 Å². The highest BCUT2D eigenvalue weighted by molar-refractivity contribution is 6.49. The fourth-order valence-electron chi connectivity index (χ4n) is 2.05. The second-order valence-corrected chi connectivity index (χ2v) is 5.59. The number of carbonyl (C=O) groups is 1. The van der Waals surface area contributed by atoms with E-state index >= 15 is 0 Å². The van der Waals surface area contributed by atoms with E-state index in [4.69, 9.17) is 17.3 Å². The Kier molecular flexibility index (Phi) is 5.39. The van der Waals surface area contributed by atoms with Crippen LogP contribution in [0.5, 0.6) is 0 Å². The SMILES string of the molecule is CCCCNc1ccc(/N=C2\C=C(C)C(=O)C(Cl)=C2N)cc1. The van der Waals surface area contributed by atoms with Crippen molar-refractivity contribution in [3.05, 3.63) is 46.6 Å². The van der Waals surface area contributed by atoms with Crippen molar-refractivity contribution in [2.45, 2.75) is 26.7 Å². The van der Waals surface area contributed by atoms with Crippen LogP contribution in [0, 0.1) is 0 Å². The standard InChI is InChI=1S/C17H20ClN3O/c1-3-4-9-20-12-5-7-13(8-6-12)21-14-10-11(2)17(22)15(18)16(14)19/h5-8,10,20H,3-4,9,19H2,1-2H3/b21-14+. The highest BCUT2D eigenvalue weighted by Gasteiger charge is 2.21. The molecule has 1 aliphatic carbocycles. The summed E-state index contributed by atoms with van der Waals surface area (Å²) in [5.74, 6) is -0.242. The number of rotatable bonds is 5. The minimum atomic E-state index is -0.242. The van der Waals surface area contributed by atoms with Crippen LogP contribution >= 0.6 is 11.6 Å². The van der Waals surface area contributed by atoms with Gasteiger partial charge in [-0.05, 0) is 43.7 Å². The van der Waals surface area contributed by atoms with Crippen LogP contribution in [0.15, 0.2) is 51.6 Å². The van der Waals surface area contributed by atoms with Crippen molar-refractivity contribution in [3.8, 4) is 0 Å². The number of hydrogen-bond donors (Lipinski definition) is 2. The number of carbonyl (C=O) groups excluding carboxylic acids is 1. The number of ketones is 1. The Hall–Kier alpha value is -2.07. The third kappa shape index (κ3) is 3.77. The highest BCUT2D eigenvalue weighted by Crippen LogP contribution is 2.23.